The molecule has 0 saturated carbocycles. The Morgan fingerprint density at radius 1 is 1.32 bits per heavy atom. The van der Waals surface area contributed by atoms with Crippen LogP contribution in [-0.2, 0) is 24.2 Å². The lowest BCUT2D eigenvalue weighted by atomic mass is 10.0. The second kappa shape index (κ2) is 8.27. The van der Waals surface area contributed by atoms with Gasteiger partial charge in [-0.3, -0.25) is 0 Å². The van der Waals surface area contributed by atoms with Gasteiger partial charge >= 0.3 is 0 Å². The molecule has 19 heavy (non-hydrogen) atoms. The molecule has 0 aliphatic heterocycles. The van der Waals surface area contributed by atoms with Crippen LogP contribution in [0.5, 0.6) is 0 Å². The Labute approximate surface area is 116 Å². The highest BCUT2D eigenvalue weighted by Crippen LogP contribution is 2.14. The minimum atomic E-state index is 0.451. The quantitative estimate of drug-likeness (QED) is 0.743. The molecule has 110 valence electrons. The predicted octanol–water partition coefficient (Wildman–Crippen LogP) is 1.87. The van der Waals surface area contributed by atoms with Gasteiger partial charge in [0.2, 0.25) is 0 Å². The molecular weight excluding hydrogens is 240 g/mol. The zero-order valence-corrected chi connectivity index (χ0v) is 12.9. The second-order valence-corrected chi connectivity index (χ2v) is 5.69. The van der Waals surface area contributed by atoms with Crippen molar-refractivity contribution in [2.75, 3.05) is 20.8 Å². The standard InChI is InChI=1S/C14H28N4O/c1-11(2)6-7-14-13(8-15-4)16-17-18(14)9-12(3)10-19-5/h11-12,15H,6-10H2,1-5H3. The summed E-state index contributed by atoms with van der Waals surface area (Å²) in [5.41, 5.74) is 2.35. The monoisotopic (exact) mass is 268 g/mol. The highest BCUT2D eigenvalue weighted by molar-refractivity contribution is 5.10. The molecule has 5 nitrogen and oxygen atoms in total. The number of nitrogens with one attached hydrogen (secondary N) is 1. The van der Waals surface area contributed by atoms with Crippen molar-refractivity contribution in [2.24, 2.45) is 11.8 Å². The molecule has 0 spiro atoms. The first kappa shape index (κ1) is 16.1. The van der Waals surface area contributed by atoms with Crippen molar-refractivity contribution in [3.63, 3.8) is 0 Å². The van der Waals surface area contributed by atoms with E-state index in [9.17, 15) is 0 Å². The molecule has 0 bridgehead atoms. The molecule has 1 atom stereocenters. The third-order valence-corrected chi connectivity index (χ3v) is 3.16. The molecule has 1 N–H and O–H groups in total. The largest absolute Gasteiger partial charge is 0.384 e. The molecule has 1 unspecified atom stereocenters. The third-order valence-electron chi connectivity index (χ3n) is 3.16. The van der Waals surface area contributed by atoms with E-state index in [1.54, 1.807) is 7.11 Å². The predicted molar refractivity (Wildman–Crippen MR) is 77.0 cm³/mol. The number of hydrogen-bond donors (Lipinski definition) is 1. The number of methoxy groups -OCH3 is 1. The van der Waals surface area contributed by atoms with Crippen LogP contribution in [0.3, 0.4) is 0 Å². The van der Waals surface area contributed by atoms with E-state index >= 15 is 0 Å². The molecule has 0 fully saturated rings. The Balaban J connectivity index is 2.77. The summed E-state index contributed by atoms with van der Waals surface area (Å²) in [5, 5.41) is 11.8. The zero-order valence-electron chi connectivity index (χ0n) is 12.9. The summed E-state index contributed by atoms with van der Waals surface area (Å²) in [6.07, 6.45) is 2.21. The highest BCUT2D eigenvalue weighted by Gasteiger charge is 2.14. The van der Waals surface area contributed by atoms with E-state index < -0.39 is 0 Å². The highest BCUT2D eigenvalue weighted by atomic mass is 16.5. The number of aromatic nitrogens is 3. The van der Waals surface area contributed by atoms with Crippen molar-refractivity contribution in [3.8, 4) is 0 Å². The van der Waals surface area contributed by atoms with Crippen molar-refractivity contribution >= 4 is 0 Å². The lowest BCUT2D eigenvalue weighted by molar-refractivity contribution is 0.148. The number of rotatable bonds is 9. The first-order chi connectivity index (χ1) is 9.08. The molecule has 0 aliphatic rings. The Hall–Kier alpha value is -0.940. The van der Waals surface area contributed by atoms with E-state index in [4.69, 9.17) is 4.74 Å². The molecular formula is C14H28N4O. The Kier molecular flexibility index (Phi) is 7.02. The maximum Gasteiger partial charge on any atom is 0.0996 e. The van der Waals surface area contributed by atoms with Crippen molar-refractivity contribution in [1.82, 2.24) is 20.3 Å². The van der Waals surface area contributed by atoms with E-state index in [0.717, 1.165) is 31.8 Å². The summed E-state index contributed by atoms with van der Waals surface area (Å²) >= 11 is 0. The molecule has 0 amide bonds. The minimum absolute atomic E-state index is 0.451. The van der Waals surface area contributed by atoms with Gasteiger partial charge in [-0.1, -0.05) is 26.0 Å². The smallest absolute Gasteiger partial charge is 0.0996 e. The first-order valence-electron chi connectivity index (χ1n) is 7.13. The summed E-state index contributed by atoms with van der Waals surface area (Å²) < 4.78 is 7.25. The molecule has 1 aromatic rings. The van der Waals surface area contributed by atoms with Crippen LogP contribution < -0.4 is 5.32 Å². The maximum absolute atomic E-state index is 5.19. The minimum Gasteiger partial charge on any atom is -0.384 e. The van der Waals surface area contributed by atoms with Gasteiger partial charge in [-0.2, -0.15) is 0 Å². The molecule has 1 aromatic heterocycles. The summed E-state index contributed by atoms with van der Waals surface area (Å²) in [7, 11) is 3.68. The molecule has 0 aromatic carbocycles. The van der Waals surface area contributed by atoms with Crippen LogP contribution in [0.2, 0.25) is 0 Å². The molecule has 0 aliphatic carbocycles. The fourth-order valence-electron chi connectivity index (χ4n) is 2.15. The van der Waals surface area contributed by atoms with Crippen molar-refractivity contribution in [2.45, 2.75) is 46.7 Å². The Morgan fingerprint density at radius 3 is 2.63 bits per heavy atom. The molecule has 1 heterocycles. The van der Waals surface area contributed by atoms with Crippen molar-refractivity contribution in [3.05, 3.63) is 11.4 Å². The molecule has 1 rings (SSSR count). The topological polar surface area (TPSA) is 52.0 Å². The van der Waals surface area contributed by atoms with Gasteiger partial charge in [0, 0.05) is 20.2 Å². The molecule has 0 radical (unpaired) electrons. The summed E-state index contributed by atoms with van der Waals surface area (Å²) in [6.45, 7) is 9.09. The maximum atomic E-state index is 5.19. The summed E-state index contributed by atoms with van der Waals surface area (Å²) in [5.74, 6) is 1.15. The average molecular weight is 268 g/mol. The van der Waals surface area contributed by atoms with Gasteiger partial charge in [0.05, 0.1) is 18.0 Å². The van der Waals surface area contributed by atoms with Crippen LogP contribution in [0.1, 0.15) is 38.6 Å². The van der Waals surface area contributed by atoms with Crippen molar-refractivity contribution in [1.29, 1.82) is 0 Å². The van der Waals surface area contributed by atoms with Crippen LogP contribution in [0.15, 0.2) is 0 Å². The van der Waals surface area contributed by atoms with Crippen LogP contribution in [0.4, 0.5) is 0 Å². The van der Waals surface area contributed by atoms with E-state index in [-0.39, 0.29) is 0 Å². The lowest BCUT2D eigenvalue weighted by Gasteiger charge is -2.13. The number of ether oxygens (including phenoxy) is 1. The van der Waals surface area contributed by atoms with Crippen LogP contribution in [0.25, 0.3) is 0 Å². The van der Waals surface area contributed by atoms with E-state index in [1.165, 1.54) is 12.1 Å². The van der Waals surface area contributed by atoms with Gasteiger partial charge in [0.1, 0.15) is 0 Å². The van der Waals surface area contributed by atoms with Gasteiger partial charge in [0.15, 0.2) is 0 Å². The van der Waals surface area contributed by atoms with Crippen LogP contribution >= 0.6 is 0 Å². The fraction of sp³-hybridized carbons (Fsp3) is 0.857. The van der Waals surface area contributed by atoms with E-state index in [2.05, 4.69) is 41.1 Å². The number of hydrogen-bond acceptors (Lipinski definition) is 4. The molecule has 0 saturated heterocycles. The van der Waals surface area contributed by atoms with E-state index in [0.29, 0.717) is 11.8 Å². The van der Waals surface area contributed by atoms with Crippen LogP contribution in [0, 0.1) is 11.8 Å². The Bertz CT molecular complexity index is 362. The van der Waals surface area contributed by atoms with Gasteiger partial charge < -0.3 is 10.1 Å². The van der Waals surface area contributed by atoms with Gasteiger partial charge in [-0.05, 0) is 31.7 Å². The Morgan fingerprint density at radius 2 is 2.05 bits per heavy atom. The fourth-order valence-corrected chi connectivity index (χ4v) is 2.15. The van der Waals surface area contributed by atoms with Gasteiger partial charge in [-0.25, -0.2) is 4.68 Å². The number of nitrogens with zero attached hydrogens (tertiary/aromatic N) is 3. The first-order valence-corrected chi connectivity index (χ1v) is 7.13. The lowest BCUT2D eigenvalue weighted by Crippen LogP contribution is -2.17. The zero-order chi connectivity index (χ0) is 14.3. The average Bonchev–Trinajstić information content (AvgIpc) is 2.70. The summed E-state index contributed by atoms with van der Waals surface area (Å²) in [4.78, 5) is 0. The van der Waals surface area contributed by atoms with Crippen molar-refractivity contribution < 1.29 is 4.74 Å². The normalized spacial score (nSPS) is 13.2. The molecule has 5 heteroatoms. The van der Waals surface area contributed by atoms with Gasteiger partial charge in [-0.15, -0.1) is 5.10 Å². The summed E-state index contributed by atoms with van der Waals surface area (Å²) in [6, 6.07) is 0. The van der Waals surface area contributed by atoms with E-state index in [1.807, 2.05) is 7.05 Å². The van der Waals surface area contributed by atoms with Crippen LogP contribution in [-0.4, -0.2) is 35.8 Å². The second-order valence-electron chi connectivity index (χ2n) is 5.69. The van der Waals surface area contributed by atoms with Gasteiger partial charge in [0.25, 0.3) is 0 Å². The SMILES string of the molecule is CNCc1nnn(CC(C)COC)c1CCC(C)C. The third kappa shape index (κ3) is 5.28.